The van der Waals surface area contributed by atoms with Crippen LogP contribution in [-0.4, -0.2) is 30.5 Å². The molecule has 1 N–H and O–H groups in total. The van der Waals surface area contributed by atoms with Gasteiger partial charge in [-0.05, 0) is 54.5 Å². The largest absolute Gasteiger partial charge is 0.494 e. The van der Waals surface area contributed by atoms with E-state index in [1.165, 1.54) is 5.56 Å². The van der Waals surface area contributed by atoms with Gasteiger partial charge in [0.05, 0.1) is 6.61 Å². The van der Waals surface area contributed by atoms with E-state index in [-0.39, 0.29) is 6.79 Å². The van der Waals surface area contributed by atoms with E-state index < -0.39 is 0 Å². The predicted molar refractivity (Wildman–Crippen MR) is 101 cm³/mol. The molecule has 0 aliphatic carbocycles. The zero-order chi connectivity index (χ0) is 17.6. The molecule has 2 aromatic carbocycles. The molecule has 25 heavy (non-hydrogen) atoms. The molecule has 1 heterocycles. The normalized spacial score (nSPS) is 11.9. The first kappa shape index (κ1) is 17.4. The maximum absolute atomic E-state index is 5.48. The Kier molecular flexibility index (Phi) is 5.60. The maximum atomic E-state index is 5.48. The second-order valence-corrected chi connectivity index (χ2v) is 6.17. The third kappa shape index (κ3) is 4.54. The van der Waals surface area contributed by atoms with Crippen LogP contribution in [0.25, 0.3) is 0 Å². The van der Waals surface area contributed by atoms with Gasteiger partial charge >= 0.3 is 0 Å². The molecule has 0 radical (unpaired) electrons. The van der Waals surface area contributed by atoms with Gasteiger partial charge < -0.3 is 24.4 Å². The van der Waals surface area contributed by atoms with E-state index in [1.807, 2.05) is 49.2 Å². The van der Waals surface area contributed by atoms with E-state index in [0.717, 1.165) is 29.4 Å². The van der Waals surface area contributed by atoms with Crippen LogP contribution in [0.2, 0.25) is 0 Å². The summed E-state index contributed by atoms with van der Waals surface area (Å²) in [5, 5.41) is 3.98. The third-order valence-corrected chi connectivity index (χ3v) is 4.34. The number of fused-ring (bicyclic) bond motifs is 1. The molecule has 0 spiro atoms. The Morgan fingerprint density at radius 1 is 1.12 bits per heavy atom. The zero-order valence-electron chi connectivity index (χ0n) is 14.5. The first-order valence-corrected chi connectivity index (χ1v) is 8.65. The summed E-state index contributed by atoms with van der Waals surface area (Å²) in [7, 11) is 1.98. The number of hydrogen-bond acceptors (Lipinski definition) is 4. The number of benzene rings is 2. The summed E-state index contributed by atoms with van der Waals surface area (Å²) in [6, 6.07) is 14.0. The lowest BCUT2D eigenvalue weighted by Gasteiger charge is -2.21. The number of hydrogen-bond donors (Lipinski definition) is 1. The lowest BCUT2D eigenvalue weighted by molar-refractivity contribution is 0.174. The molecule has 3 rings (SSSR count). The summed E-state index contributed by atoms with van der Waals surface area (Å²) in [6.45, 7) is 4.32. The van der Waals surface area contributed by atoms with Gasteiger partial charge in [0.15, 0.2) is 16.6 Å². The summed E-state index contributed by atoms with van der Waals surface area (Å²) in [5.74, 6) is 2.46. The molecule has 0 atom stereocenters. The van der Waals surface area contributed by atoms with Gasteiger partial charge in [-0.2, -0.15) is 0 Å². The predicted octanol–water partition coefficient (Wildman–Crippen LogP) is 3.32. The van der Waals surface area contributed by atoms with Gasteiger partial charge in [0, 0.05) is 20.1 Å². The highest BCUT2D eigenvalue weighted by Crippen LogP contribution is 2.32. The van der Waals surface area contributed by atoms with Crippen LogP contribution in [0.1, 0.15) is 18.1 Å². The standard InChI is InChI=1S/C19H22N2O3S/c1-3-22-16-7-4-14(5-8-16)12-21(2)19(25)20-11-15-6-9-17-18(10-15)24-13-23-17/h4-10H,3,11-13H2,1-2H3,(H,20,25). The van der Waals surface area contributed by atoms with Crippen molar-refractivity contribution in [3.05, 3.63) is 53.6 Å². The number of ether oxygens (including phenoxy) is 3. The van der Waals surface area contributed by atoms with Gasteiger partial charge in [0.1, 0.15) is 5.75 Å². The highest BCUT2D eigenvalue weighted by Gasteiger charge is 2.13. The van der Waals surface area contributed by atoms with Crippen LogP contribution in [0.5, 0.6) is 17.2 Å². The smallest absolute Gasteiger partial charge is 0.231 e. The molecule has 5 nitrogen and oxygen atoms in total. The number of thiocarbonyl (C=S) groups is 1. The molecule has 0 bridgehead atoms. The van der Waals surface area contributed by atoms with Crippen molar-refractivity contribution in [3.8, 4) is 17.2 Å². The summed E-state index contributed by atoms with van der Waals surface area (Å²) in [4.78, 5) is 2.01. The highest BCUT2D eigenvalue weighted by molar-refractivity contribution is 7.80. The fraction of sp³-hybridized carbons (Fsp3) is 0.316. The van der Waals surface area contributed by atoms with Gasteiger partial charge in [-0.15, -0.1) is 0 Å². The van der Waals surface area contributed by atoms with E-state index in [0.29, 0.717) is 18.3 Å². The zero-order valence-corrected chi connectivity index (χ0v) is 15.3. The molecule has 0 unspecified atom stereocenters. The molecular weight excluding hydrogens is 336 g/mol. The molecule has 0 saturated heterocycles. The van der Waals surface area contributed by atoms with Crippen LogP contribution in [0.15, 0.2) is 42.5 Å². The van der Waals surface area contributed by atoms with E-state index in [9.17, 15) is 0 Å². The van der Waals surface area contributed by atoms with Crippen LogP contribution >= 0.6 is 12.2 Å². The minimum atomic E-state index is 0.287. The van der Waals surface area contributed by atoms with E-state index in [1.54, 1.807) is 0 Å². The van der Waals surface area contributed by atoms with Crippen LogP contribution in [0.4, 0.5) is 0 Å². The Hall–Kier alpha value is -2.47. The Balaban J connectivity index is 1.50. The van der Waals surface area contributed by atoms with Crippen LogP contribution in [-0.2, 0) is 13.1 Å². The Labute approximate surface area is 153 Å². The molecule has 0 saturated carbocycles. The molecule has 0 aromatic heterocycles. The molecular formula is C19H22N2O3S. The van der Waals surface area contributed by atoms with Crippen LogP contribution in [0, 0.1) is 0 Å². The minimum absolute atomic E-state index is 0.287. The third-order valence-electron chi connectivity index (χ3n) is 3.88. The van der Waals surface area contributed by atoms with E-state index in [2.05, 4.69) is 17.4 Å². The maximum Gasteiger partial charge on any atom is 0.231 e. The van der Waals surface area contributed by atoms with Crippen molar-refractivity contribution in [3.63, 3.8) is 0 Å². The van der Waals surface area contributed by atoms with Gasteiger partial charge in [0.25, 0.3) is 0 Å². The highest BCUT2D eigenvalue weighted by atomic mass is 32.1. The average molecular weight is 358 g/mol. The number of rotatable bonds is 6. The summed E-state index contributed by atoms with van der Waals surface area (Å²) in [6.07, 6.45) is 0. The molecule has 2 aromatic rings. The summed E-state index contributed by atoms with van der Waals surface area (Å²) in [5.41, 5.74) is 2.28. The van der Waals surface area contributed by atoms with Crippen molar-refractivity contribution in [1.29, 1.82) is 0 Å². The van der Waals surface area contributed by atoms with Crippen molar-refractivity contribution in [2.24, 2.45) is 0 Å². The van der Waals surface area contributed by atoms with Crippen LogP contribution < -0.4 is 19.5 Å². The fourth-order valence-corrected chi connectivity index (χ4v) is 2.70. The topological polar surface area (TPSA) is 43.0 Å². The van der Waals surface area contributed by atoms with Crippen LogP contribution in [0.3, 0.4) is 0 Å². The Bertz CT molecular complexity index is 734. The SMILES string of the molecule is CCOc1ccc(CN(C)C(=S)NCc2ccc3c(c2)OCO3)cc1. The van der Waals surface area contributed by atoms with Gasteiger partial charge in [0.2, 0.25) is 6.79 Å². The summed E-state index contributed by atoms with van der Waals surface area (Å²) >= 11 is 5.48. The molecule has 132 valence electrons. The quantitative estimate of drug-likeness (QED) is 0.799. The molecule has 0 amide bonds. The molecule has 1 aliphatic heterocycles. The second-order valence-electron chi connectivity index (χ2n) is 5.78. The molecule has 0 fully saturated rings. The molecule has 6 heteroatoms. The Morgan fingerprint density at radius 2 is 1.84 bits per heavy atom. The number of nitrogens with one attached hydrogen (secondary N) is 1. The lowest BCUT2D eigenvalue weighted by Crippen LogP contribution is -2.36. The van der Waals surface area contributed by atoms with Crippen molar-refractivity contribution < 1.29 is 14.2 Å². The van der Waals surface area contributed by atoms with Crippen molar-refractivity contribution in [2.45, 2.75) is 20.0 Å². The fourth-order valence-electron chi connectivity index (χ4n) is 2.57. The van der Waals surface area contributed by atoms with Gasteiger partial charge in [-0.3, -0.25) is 0 Å². The van der Waals surface area contributed by atoms with E-state index in [4.69, 9.17) is 26.4 Å². The van der Waals surface area contributed by atoms with Crippen molar-refractivity contribution in [2.75, 3.05) is 20.4 Å². The monoisotopic (exact) mass is 358 g/mol. The van der Waals surface area contributed by atoms with Crippen molar-refractivity contribution >= 4 is 17.3 Å². The first-order chi connectivity index (χ1) is 12.2. The van der Waals surface area contributed by atoms with Gasteiger partial charge in [-0.1, -0.05) is 18.2 Å². The first-order valence-electron chi connectivity index (χ1n) is 8.25. The number of nitrogens with zero attached hydrogens (tertiary/aromatic N) is 1. The molecule has 1 aliphatic rings. The van der Waals surface area contributed by atoms with Gasteiger partial charge in [-0.25, -0.2) is 0 Å². The Morgan fingerprint density at radius 3 is 2.60 bits per heavy atom. The lowest BCUT2D eigenvalue weighted by atomic mass is 10.2. The van der Waals surface area contributed by atoms with E-state index >= 15 is 0 Å². The second kappa shape index (κ2) is 8.07. The van der Waals surface area contributed by atoms with Crippen molar-refractivity contribution in [1.82, 2.24) is 10.2 Å². The minimum Gasteiger partial charge on any atom is -0.494 e. The summed E-state index contributed by atoms with van der Waals surface area (Å²) < 4.78 is 16.2. The average Bonchev–Trinajstić information content (AvgIpc) is 3.09.